The Balaban J connectivity index is 1.27. The summed E-state index contributed by atoms with van der Waals surface area (Å²) >= 11 is 1.24. The van der Waals surface area contributed by atoms with Gasteiger partial charge in [-0.25, -0.2) is 36.9 Å². The standard InChI is InChI=1S/C26H30FN7O3S2/c1-19(2)18-34(33-11-9-21-22(27)5-4-6-23(21)33)26(35)32-14-12-31(13-15-32)24-8-7-20(17-29-24)39(36,37)30(3)25-28-10-16-38-25/h4-11,16-17,19H,12-15,18H2,1-3H3. The number of hydrogen-bond acceptors (Lipinski definition) is 7. The first-order valence-corrected chi connectivity index (χ1v) is 14.9. The number of hydrogen-bond donors (Lipinski definition) is 0. The van der Waals surface area contributed by atoms with Crippen LogP contribution < -0.4 is 14.2 Å². The van der Waals surface area contributed by atoms with E-state index in [-0.39, 0.29) is 22.7 Å². The van der Waals surface area contributed by atoms with E-state index in [2.05, 4.69) is 9.97 Å². The van der Waals surface area contributed by atoms with Gasteiger partial charge in [-0.05, 0) is 36.2 Å². The third-order valence-electron chi connectivity index (χ3n) is 6.62. The Hall–Kier alpha value is -3.71. The molecule has 0 saturated carbocycles. The first-order valence-electron chi connectivity index (χ1n) is 12.6. The molecule has 0 unspecified atom stereocenters. The van der Waals surface area contributed by atoms with Gasteiger partial charge >= 0.3 is 6.03 Å². The lowest BCUT2D eigenvalue weighted by Gasteiger charge is -2.38. The second-order valence-electron chi connectivity index (χ2n) is 9.70. The van der Waals surface area contributed by atoms with Crippen LogP contribution in [0.3, 0.4) is 0 Å². The van der Waals surface area contributed by atoms with Crippen molar-refractivity contribution < 1.29 is 17.6 Å². The van der Waals surface area contributed by atoms with Crippen LogP contribution in [-0.2, 0) is 10.0 Å². The summed E-state index contributed by atoms with van der Waals surface area (Å²) in [5, 5.41) is 4.23. The van der Waals surface area contributed by atoms with Crippen molar-refractivity contribution in [2.75, 3.05) is 54.0 Å². The highest BCUT2D eigenvalue weighted by Gasteiger charge is 2.29. The van der Waals surface area contributed by atoms with Crippen LogP contribution in [0.5, 0.6) is 0 Å². The van der Waals surface area contributed by atoms with Crippen molar-refractivity contribution in [3.63, 3.8) is 0 Å². The lowest BCUT2D eigenvalue weighted by Crippen LogP contribution is -2.56. The number of carbonyl (C=O) groups excluding carboxylic acids is 1. The molecule has 206 valence electrons. The number of thiazole rings is 1. The Kier molecular flexibility index (Phi) is 7.45. The molecule has 13 heteroatoms. The molecule has 1 fully saturated rings. The summed E-state index contributed by atoms with van der Waals surface area (Å²) in [6, 6.07) is 9.63. The van der Waals surface area contributed by atoms with Crippen molar-refractivity contribution in [2.24, 2.45) is 5.92 Å². The Morgan fingerprint density at radius 2 is 1.87 bits per heavy atom. The van der Waals surface area contributed by atoms with E-state index in [0.29, 0.717) is 54.6 Å². The molecule has 0 spiro atoms. The van der Waals surface area contributed by atoms with Crippen LogP contribution in [0, 0.1) is 11.7 Å². The smallest absolute Gasteiger partial charge is 0.339 e. The van der Waals surface area contributed by atoms with Crippen molar-refractivity contribution in [1.82, 2.24) is 19.5 Å². The van der Waals surface area contributed by atoms with E-state index in [4.69, 9.17) is 0 Å². The second kappa shape index (κ2) is 10.8. The zero-order valence-electron chi connectivity index (χ0n) is 21.9. The van der Waals surface area contributed by atoms with Gasteiger partial charge in [0.15, 0.2) is 5.13 Å². The lowest BCUT2D eigenvalue weighted by atomic mass is 10.2. The molecule has 4 heterocycles. The number of urea groups is 1. The first kappa shape index (κ1) is 26.9. The van der Waals surface area contributed by atoms with E-state index in [1.165, 1.54) is 30.6 Å². The summed E-state index contributed by atoms with van der Waals surface area (Å²) in [6.45, 7) is 6.57. The van der Waals surface area contributed by atoms with E-state index < -0.39 is 10.0 Å². The topological polar surface area (TPSA) is 94.9 Å². The molecule has 1 aliphatic heterocycles. The fourth-order valence-corrected chi connectivity index (χ4v) is 6.50. The number of halogens is 1. The SMILES string of the molecule is CC(C)CN(C(=O)N1CCN(c2ccc(S(=O)(=O)N(C)c3nccs3)cn2)CC1)n1ccc2c(F)cccc21. The molecule has 5 rings (SSSR count). The second-order valence-corrected chi connectivity index (χ2v) is 12.5. The van der Waals surface area contributed by atoms with Crippen LogP contribution in [0.15, 0.2) is 65.3 Å². The number of carbonyl (C=O) groups is 1. The molecule has 39 heavy (non-hydrogen) atoms. The molecule has 1 aliphatic rings. The summed E-state index contributed by atoms with van der Waals surface area (Å²) in [5.74, 6) is 0.525. The number of rotatable bonds is 7. The van der Waals surface area contributed by atoms with Crippen LogP contribution >= 0.6 is 11.3 Å². The fourth-order valence-electron chi connectivity index (χ4n) is 4.57. The summed E-state index contributed by atoms with van der Waals surface area (Å²) in [6.07, 6.45) is 4.64. The maximum absolute atomic E-state index is 14.3. The molecule has 0 N–H and O–H groups in total. The minimum Gasteiger partial charge on any atom is -0.353 e. The number of anilines is 2. The largest absolute Gasteiger partial charge is 0.353 e. The maximum Gasteiger partial charge on any atom is 0.339 e. The average molecular weight is 572 g/mol. The van der Waals surface area contributed by atoms with Crippen molar-refractivity contribution in [2.45, 2.75) is 18.7 Å². The van der Waals surface area contributed by atoms with Gasteiger partial charge in [0.25, 0.3) is 10.0 Å². The highest BCUT2D eigenvalue weighted by molar-refractivity contribution is 7.93. The number of fused-ring (bicyclic) bond motifs is 1. The summed E-state index contributed by atoms with van der Waals surface area (Å²) in [4.78, 5) is 26.0. The first-order chi connectivity index (χ1) is 18.7. The highest BCUT2D eigenvalue weighted by Crippen LogP contribution is 2.25. The molecule has 3 aromatic heterocycles. The van der Waals surface area contributed by atoms with E-state index in [1.54, 1.807) is 62.7 Å². The summed E-state index contributed by atoms with van der Waals surface area (Å²) in [5.41, 5.74) is 0.641. The van der Waals surface area contributed by atoms with E-state index in [9.17, 15) is 17.6 Å². The molecule has 4 aromatic rings. The van der Waals surface area contributed by atoms with E-state index in [0.717, 1.165) is 4.31 Å². The molecule has 0 radical (unpaired) electrons. The van der Waals surface area contributed by atoms with Gasteiger partial charge in [0.2, 0.25) is 0 Å². The highest BCUT2D eigenvalue weighted by atomic mass is 32.2. The fraction of sp³-hybridized carbons (Fsp3) is 0.346. The third-order valence-corrected chi connectivity index (χ3v) is 9.31. The molecule has 0 bridgehead atoms. The van der Waals surface area contributed by atoms with Crippen molar-refractivity contribution in [3.05, 3.63) is 66.2 Å². The van der Waals surface area contributed by atoms with Gasteiger partial charge in [0.05, 0.1) is 5.52 Å². The summed E-state index contributed by atoms with van der Waals surface area (Å²) in [7, 11) is -2.31. The molecular weight excluding hydrogens is 541 g/mol. The molecule has 0 atom stereocenters. The van der Waals surface area contributed by atoms with Gasteiger partial charge in [-0.3, -0.25) is 4.68 Å². The maximum atomic E-state index is 14.3. The lowest BCUT2D eigenvalue weighted by molar-refractivity contribution is 0.193. The molecule has 1 aromatic carbocycles. The van der Waals surface area contributed by atoms with Gasteiger partial charge in [0, 0.05) is 69.1 Å². The predicted octanol–water partition coefficient (Wildman–Crippen LogP) is 3.99. The minimum absolute atomic E-state index is 0.0810. The zero-order chi connectivity index (χ0) is 27.7. The summed E-state index contributed by atoms with van der Waals surface area (Å²) < 4.78 is 43.1. The number of sulfonamides is 1. The Morgan fingerprint density at radius 1 is 1.10 bits per heavy atom. The average Bonchev–Trinajstić information content (AvgIpc) is 3.62. The number of benzene rings is 1. The van der Waals surface area contributed by atoms with Crippen LogP contribution in [0.2, 0.25) is 0 Å². The number of aromatic nitrogens is 3. The molecule has 0 aliphatic carbocycles. The van der Waals surface area contributed by atoms with Crippen LogP contribution in [0.25, 0.3) is 10.9 Å². The predicted molar refractivity (Wildman–Crippen MR) is 151 cm³/mol. The van der Waals surface area contributed by atoms with Gasteiger partial charge in [-0.1, -0.05) is 19.9 Å². The van der Waals surface area contributed by atoms with Gasteiger partial charge in [0.1, 0.15) is 16.5 Å². The van der Waals surface area contributed by atoms with Crippen LogP contribution in [-0.4, -0.2) is 73.8 Å². The van der Waals surface area contributed by atoms with Crippen molar-refractivity contribution in [1.29, 1.82) is 0 Å². The quantitative estimate of drug-likeness (QED) is 0.333. The van der Waals surface area contributed by atoms with E-state index >= 15 is 0 Å². The Bertz CT molecular complexity index is 1550. The number of pyridine rings is 1. The third kappa shape index (κ3) is 5.28. The van der Waals surface area contributed by atoms with Gasteiger partial charge in [-0.15, -0.1) is 11.3 Å². The van der Waals surface area contributed by atoms with Crippen LogP contribution in [0.4, 0.5) is 20.1 Å². The van der Waals surface area contributed by atoms with Gasteiger partial charge < -0.3 is 9.80 Å². The van der Waals surface area contributed by atoms with Crippen molar-refractivity contribution in [3.8, 4) is 0 Å². The molecular formula is C26H30FN7O3S2. The zero-order valence-corrected chi connectivity index (χ0v) is 23.6. The van der Waals surface area contributed by atoms with E-state index in [1.807, 2.05) is 18.7 Å². The monoisotopic (exact) mass is 571 g/mol. The Morgan fingerprint density at radius 3 is 2.51 bits per heavy atom. The molecule has 10 nitrogen and oxygen atoms in total. The Labute approximate surface area is 230 Å². The van der Waals surface area contributed by atoms with Gasteiger partial charge in [-0.2, -0.15) is 0 Å². The number of piperazine rings is 1. The minimum atomic E-state index is -3.77. The number of amides is 2. The number of nitrogens with zero attached hydrogens (tertiary/aromatic N) is 7. The molecule has 1 saturated heterocycles. The van der Waals surface area contributed by atoms with Crippen molar-refractivity contribution >= 4 is 49.2 Å². The normalized spacial score (nSPS) is 14.3. The van der Waals surface area contributed by atoms with Crippen LogP contribution in [0.1, 0.15) is 13.8 Å². The molecule has 2 amide bonds.